The molecule has 2 aromatic rings. The van der Waals surface area contributed by atoms with E-state index in [0.29, 0.717) is 23.4 Å². The molecule has 0 saturated heterocycles. The second kappa shape index (κ2) is 4.16. The van der Waals surface area contributed by atoms with Gasteiger partial charge < -0.3 is 4.98 Å². The number of hydrogen-bond acceptors (Lipinski definition) is 5. The molecule has 88 valence electrons. The molecule has 0 unspecified atom stereocenters. The van der Waals surface area contributed by atoms with Gasteiger partial charge in [0.2, 0.25) is 0 Å². The molecular formula is C9H10N6O2. The summed E-state index contributed by atoms with van der Waals surface area (Å²) in [5.41, 5.74) is 0.542. The minimum Gasteiger partial charge on any atom is -0.311 e. The molecule has 3 N–H and O–H groups in total. The number of aromatic nitrogens is 5. The summed E-state index contributed by atoms with van der Waals surface area (Å²) in [6.07, 6.45) is 2.84. The number of rotatable bonds is 3. The molecule has 0 aliphatic carbocycles. The maximum atomic E-state index is 11.4. The van der Waals surface area contributed by atoms with Crippen LogP contribution >= 0.6 is 0 Å². The molecular weight excluding hydrogens is 224 g/mol. The smallest absolute Gasteiger partial charge is 0.311 e. The predicted molar refractivity (Wildman–Crippen MR) is 59.4 cm³/mol. The molecule has 8 heteroatoms. The fraction of sp³-hybridized carbons (Fsp3) is 0.222. The maximum absolute atomic E-state index is 11.4. The zero-order chi connectivity index (χ0) is 12.4. The van der Waals surface area contributed by atoms with Gasteiger partial charge in [-0.25, -0.2) is 9.48 Å². The van der Waals surface area contributed by atoms with Crippen molar-refractivity contribution in [2.45, 2.75) is 13.3 Å². The standard InChI is InChI=1S/C9H10N6O2/c1-5-7(11-9(17)12-8(5)16)2-6-3-15(4-10)14-13-6/h3-4,10H,2H2,1H3,(H2,11,12,16,17). The molecule has 0 saturated carbocycles. The number of H-pyrrole nitrogens is 2. The van der Waals surface area contributed by atoms with Gasteiger partial charge in [0.05, 0.1) is 11.9 Å². The van der Waals surface area contributed by atoms with Crippen molar-refractivity contribution >= 4 is 6.34 Å². The maximum Gasteiger partial charge on any atom is 0.325 e. The molecule has 2 heterocycles. The van der Waals surface area contributed by atoms with E-state index >= 15 is 0 Å². The lowest BCUT2D eigenvalue weighted by atomic mass is 10.1. The van der Waals surface area contributed by atoms with Gasteiger partial charge in [0.15, 0.2) is 0 Å². The lowest BCUT2D eigenvalue weighted by molar-refractivity contribution is 0.838. The van der Waals surface area contributed by atoms with Gasteiger partial charge in [0, 0.05) is 17.7 Å². The Bertz CT molecular complexity index is 665. The van der Waals surface area contributed by atoms with Gasteiger partial charge in [0.25, 0.3) is 5.56 Å². The van der Waals surface area contributed by atoms with E-state index < -0.39 is 11.2 Å². The van der Waals surface area contributed by atoms with Crippen molar-refractivity contribution in [3.05, 3.63) is 44.0 Å². The second-order valence-corrected chi connectivity index (χ2v) is 3.51. The Morgan fingerprint density at radius 2 is 2.24 bits per heavy atom. The molecule has 2 aromatic heterocycles. The largest absolute Gasteiger partial charge is 0.325 e. The summed E-state index contributed by atoms with van der Waals surface area (Å²) >= 11 is 0. The summed E-state index contributed by atoms with van der Waals surface area (Å²) in [6.45, 7) is 1.62. The predicted octanol–water partition coefficient (Wildman–Crippen LogP) is -0.991. The van der Waals surface area contributed by atoms with E-state index in [-0.39, 0.29) is 0 Å². The third-order valence-corrected chi connectivity index (χ3v) is 2.33. The van der Waals surface area contributed by atoms with Gasteiger partial charge in [-0.2, -0.15) is 0 Å². The van der Waals surface area contributed by atoms with Gasteiger partial charge in [0.1, 0.15) is 6.34 Å². The normalized spacial score (nSPS) is 10.4. The molecule has 0 bridgehead atoms. The molecule has 0 aliphatic rings. The van der Waals surface area contributed by atoms with Crippen LogP contribution in [0.1, 0.15) is 17.0 Å². The lowest BCUT2D eigenvalue weighted by Crippen LogP contribution is -2.26. The van der Waals surface area contributed by atoms with E-state index in [0.717, 1.165) is 6.34 Å². The number of nitrogens with one attached hydrogen (secondary N) is 3. The Morgan fingerprint density at radius 3 is 2.88 bits per heavy atom. The van der Waals surface area contributed by atoms with Gasteiger partial charge in [-0.1, -0.05) is 5.21 Å². The highest BCUT2D eigenvalue weighted by molar-refractivity contribution is 5.52. The molecule has 0 atom stereocenters. The Labute approximate surface area is 94.8 Å². The van der Waals surface area contributed by atoms with Crippen LogP contribution in [-0.2, 0) is 6.42 Å². The molecule has 0 radical (unpaired) electrons. The monoisotopic (exact) mass is 234 g/mol. The first-order valence-electron chi connectivity index (χ1n) is 4.83. The summed E-state index contributed by atoms with van der Waals surface area (Å²) in [5.74, 6) is 0. The first kappa shape index (κ1) is 11.0. The number of nitrogens with zero attached hydrogens (tertiary/aromatic N) is 3. The van der Waals surface area contributed by atoms with Gasteiger partial charge in [-0.3, -0.25) is 15.2 Å². The van der Waals surface area contributed by atoms with Crippen LogP contribution in [0, 0.1) is 12.3 Å². The van der Waals surface area contributed by atoms with E-state index in [9.17, 15) is 9.59 Å². The van der Waals surface area contributed by atoms with Crippen LogP contribution < -0.4 is 11.2 Å². The topological polar surface area (TPSA) is 120 Å². The number of aromatic amines is 2. The van der Waals surface area contributed by atoms with Gasteiger partial charge >= 0.3 is 5.69 Å². The zero-order valence-corrected chi connectivity index (χ0v) is 9.02. The van der Waals surface area contributed by atoms with Crippen LogP contribution in [0.25, 0.3) is 0 Å². The van der Waals surface area contributed by atoms with Crippen LogP contribution in [0.15, 0.2) is 15.8 Å². The van der Waals surface area contributed by atoms with E-state index in [1.165, 1.54) is 4.68 Å². The third-order valence-electron chi connectivity index (χ3n) is 2.33. The first-order valence-corrected chi connectivity index (χ1v) is 4.83. The van der Waals surface area contributed by atoms with Gasteiger partial charge in [-0.05, 0) is 6.92 Å². The van der Waals surface area contributed by atoms with Crippen molar-refractivity contribution in [3.8, 4) is 0 Å². The summed E-state index contributed by atoms with van der Waals surface area (Å²) in [6, 6.07) is 0. The fourth-order valence-corrected chi connectivity index (χ4v) is 1.41. The van der Waals surface area contributed by atoms with Crippen molar-refractivity contribution in [1.82, 2.24) is 25.0 Å². The molecule has 0 fully saturated rings. The Kier molecular flexibility index (Phi) is 2.69. The Morgan fingerprint density at radius 1 is 1.47 bits per heavy atom. The van der Waals surface area contributed by atoms with Crippen molar-refractivity contribution in [3.63, 3.8) is 0 Å². The van der Waals surface area contributed by atoms with E-state index in [1.807, 2.05) is 0 Å². The van der Waals surface area contributed by atoms with Crippen LogP contribution in [0.4, 0.5) is 0 Å². The molecule has 8 nitrogen and oxygen atoms in total. The first-order chi connectivity index (χ1) is 8.10. The van der Waals surface area contributed by atoms with Crippen LogP contribution in [0.2, 0.25) is 0 Å². The van der Waals surface area contributed by atoms with Crippen LogP contribution in [-0.4, -0.2) is 31.3 Å². The summed E-state index contributed by atoms with van der Waals surface area (Å²) in [4.78, 5) is 27.2. The average Bonchev–Trinajstić information content (AvgIpc) is 2.73. The highest BCUT2D eigenvalue weighted by Crippen LogP contribution is 2.03. The van der Waals surface area contributed by atoms with Crippen molar-refractivity contribution in [1.29, 1.82) is 5.41 Å². The molecule has 0 aromatic carbocycles. The molecule has 0 amide bonds. The lowest BCUT2D eigenvalue weighted by Gasteiger charge is -2.00. The second-order valence-electron chi connectivity index (χ2n) is 3.51. The summed E-state index contributed by atoms with van der Waals surface area (Å²) in [5, 5.41) is 14.4. The minimum absolute atomic E-state index is 0.291. The van der Waals surface area contributed by atoms with Crippen LogP contribution in [0.5, 0.6) is 0 Å². The highest BCUT2D eigenvalue weighted by atomic mass is 16.2. The molecule has 0 spiro atoms. The van der Waals surface area contributed by atoms with Crippen LogP contribution in [0.3, 0.4) is 0 Å². The average molecular weight is 234 g/mol. The van der Waals surface area contributed by atoms with Crippen molar-refractivity contribution < 1.29 is 0 Å². The van der Waals surface area contributed by atoms with E-state index in [4.69, 9.17) is 5.41 Å². The Hall–Kier alpha value is -2.51. The number of hydrogen-bond donors (Lipinski definition) is 3. The summed E-state index contributed by atoms with van der Waals surface area (Å²) in [7, 11) is 0. The van der Waals surface area contributed by atoms with Gasteiger partial charge in [-0.15, -0.1) is 5.10 Å². The van der Waals surface area contributed by atoms with E-state index in [2.05, 4.69) is 20.3 Å². The van der Waals surface area contributed by atoms with E-state index in [1.54, 1.807) is 13.1 Å². The zero-order valence-electron chi connectivity index (χ0n) is 9.02. The van der Waals surface area contributed by atoms with Crippen molar-refractivity contribution in [2.75, 3.05) is 0 Å². The molecule has 17 heavy (non-hydrogen) atoms. The fourth-order valence-electron chi connectivity index (χ4n) is 1.41. The SMILES string of the molecule is Cc1c(Cc2cn(C=N)nn2)[nH]c(=O)[nH]c1=O. The quantitative estimate of drug-likeness (QED) is 0.466. The molecule has 0 aliphatic heterocycles. The minimum atomic E-state index is -0.546. The Balaban J connectivity index is 2.39. The third kappa shape index (κ3) is 2.19. The van der Waals surface area contributed by atoms with Crippen molar-refractivity contribution in [2.24, 2.45) is 0 Å². The molecule has 2 rings (SSSR count). The highest BCUT2D eigenvalue weighted by Gasteiger charge is 2.07. The summed E-state index contributed by atoms with van der Waals surface area (Å²) < 4.78 is 1.23.